The summed E-state index contributed by atoms with van der Waals surface area (Å²) in [6.07, 6.45) is 0. The minimum absolute atomic E-state index is 0.0758. The van der Waals surface area contributed by atoms with E-state index in [1.54, 1.807) is 31.2 Å². The Morgan fingerprint density at radius 1 is 1.06 bits per heavy atom. The Balaban J connectivity index is 1.48. The van der Waals surface area contributed by atoms with Gasteiger partial charge in [-0.15, -0.1) is 0 Å². The van der Waals surface area contributed by atoms with Crippen molar-refractivity contribution >= 4 is 34.3 Å². The summed E-state index contributed by atoms with van der Waals surface area (Å²) in [7, 11) is 0. The predicted molar refractivity (Wildman–Crippen MR) is 123 cm³/mol. The number of ether oxygens (including phenoxy) is 1. The van der Waals surface area contributed by atoms with Gasteiger partial charge >= 0.3 is 5.97 Å². The van der Waals surface area contributed by atoms with Crippen molar-refractivity contribution in [2.75, 3.05) is 11.9 Å². The highest BCUT2D eigenvalue weighted by Crippen LogP contribution is 2.27. The molecule has 4 rings (SSSR count). The Bertz CT molecular complexity index is 1380. The molecule has 0 saturated carbocycles. The van der Waals surface area contributed by atoms with Crippen molar-refractivity contribution in [3.8, 4) is 5.69 Å². The van der Waals surface area contributed by atoms with E-state index in [-0.39, 0.29) is 16.9 Å². The van der Waals surface area contributed by atoms with Gasteiger partial charge in [0.25, 0.3) is 11.6 Å². The van der Waals surface area contributed by atoms with Crippen molar-refractivity contribution in [2.24, 2.45) is 0 Å². The summed E-state index contributed by atoms with van der Waals surface area (Å²) in [4.78, 5) is 39.9. The summed E-state index contributed by atoms with van der Waals surface area (Å²) >= 11 is 0. The fraction of sp³-hybridized carbons (Fsp3) is 0.125. The highest BCUT2D eigenvalue weighted by molar-refractivity contribution is 5.98. The van der Waals surface area contributed by atoms with Crippen LogP contribution in [0, 0.1) is 24.0 Å². The number of hydrogen-bond donors (Lipinski definition) is 1. The molecule has 0 spiro atoms. The van der Waals surface area contributed by atoms with Gasteiger partial charge in [-0.2, -0.15) is 0 Å². The lowest BCUT2D eigenvalue weighted by Gasteiger charge is -2.09. The van der Waals surface area contributed by atoms with E-state index in [1.807, 2.05) is 41.8 Å². The first-order valence-corrected chi connectivity index (χ1v) is 10.1. The van der Waals surface area contributed by atoms with Gasteiger partial charge in [-0.3, -0.25) is 19.5 Å². The van der Waals surface area contributed by atoms with Crippen LogP contribution in [0.4, 0.5) is 11.4 Å². The molecule has 0 atom stereocenters. The molecule has 0 radical (unpaired) electrons. The zero-order chi connectivity index (χ0) is 23.5. The lowest BCUT2D eigenvalue weighted by molar-refractivity contribution is -0.384. The highest BCUT2D eigenvalue weighted by atomic mass is 16.6. The van der Waals surface area contributed by atoms with Gasteiger partial charge in [-0.25, -0.2) is 9.78 Å². The number of nitrogens with zero attached hydrogens (tertiary/aromatic N) is 3. The van der Waals surface area contributed by atoms with Crippen molar-refractivity contribution in [1.29, 1.82) is 0 Å². The third kappa shape index (κ3) is 4.42. The zero-order valence-electron chi connectivity index (χ0n) is 17.9. The molecule has 0 aliphatic carbocycles. The van der Waals surface area contributed by atoms with E-state index in [4.69, 9.17) is 4.74 Å². The molecule has 0 aliphatic heterocycles. The highest BCUT2D eigenvalue weighted by Gasteiger charge is 2.19. The van der Waals surface area contributed by atoms with Crippen molar-refractivity contribution in [2.45, 2.75) is 13.8 Å². The number of fused-ring (bicyclic) bond motifs is 1. The number of carbonyl (C=O) groups is 2. The van der Waals surface area contributed by atoms with Gasteiger partial charge in [0.2, 0.25) is 0 Å². The Labute approximate surface area is 188 Å². The molecule has 1 N–H and O–H groups in total. The van der Waals surface area contributed by atoms with E-state index < -0.39 is 23.4 Å². The maximum atomic E-state index is 12.5. The smallest absolute Gasteiger partial charge is 0.338 e. The van der Waals surface area contributed by atoms with Gasteiger partial charge in [-0.05, 0) is 49.7 Å². The van der Waals surface area contributed by atoms with Crippen molar-refractivity contribution in [3.63, 3.8) is 0 Å². The quantitative estimate of drug-likeness (QED) is 0.269. The minimum Gasteiger partial charge on any atom is -0.452 e. The summed E-state index contributed by atoms with van der Waals surface area (Å²) in [5, 5.41) is 13.6. The lowest BCUT2D eigenvalue weighted by atomic mass is 10.1. The first kappa shape index (κ1) is 21.7. The number of para-hydroxylation sites is 2. The lowest BCUT2D eigenvalue weighted by Crippen LogP contribution is -2.22. The fourth-order valence-corrected chi connectivity index (χ4v) is 3.59. The SMILES string of the molecule is Cc1cccc([N+](=O)[O-])c1NC(=O)COC(=O)c1ccc2c(c1)nc(C)n2-c1ccccc1. The Kier molecular flexibility index (Phi) is 5.86. The van der Waals surface area contributed by atoms with E-state index in [0.717, 1.165) is 17.0 Å². The van der Waals surface area contributed by atoms with E-state index in [0.29, 0.717) is 11.1 Å². The normalized spacial score (nSPS) is 10.7. The monoisotopic (exact) mass is 444 g/mol. The summed E-state index contributed by atoms with van der Waals surface area (Å²) in [6, 6.07) is 19.2. The summed E-state index contributed by atoms with van der Waals surface area (Å²) in [5.41, 5.74) is 3.02. The molecule has 166 valence electrons. The van der Waals surface area contributed by atoms with Gasteiger partial charge in [0.05, 0.1) is 21.5 Å². The minimum atomic E-state index is -0.696. The number of nitrogens with one attached hydrogen (secondary N) is 1. The Hall–Kier alpha value is -4.53. The molecule has 9 heteroatoms. The number of rotatable bonds is 6. The van der Waals surface area contributed by atoms with Crippen LogP contribution < -0.4 is 5.32 Å². The first-order valence-electron chi connectivity index (χ1n) is 10.1. The van der Waals surface area contributed by atoms with Crippen LogP contribution in [0.3, 0.4) is 0 Å². The van der Waals surface area contributed by atoms with E-state index in [9.17, 15) is 19.7 Å². The van der Waals surface area contributed by atoms with Crippen molar-refractivity contribution in [3.05, 3.63) is 93.8 Å². The summed E-state index contributed by atoms with van der Waals surface area (Å²) in [5.74, 6) is -0.606. The number of anilines is 1. The molecule has 0 bridgehead atoms. The van der Waals surface area contributed by atoms with Crippen molar-refractivity contribution in [1.82, 2.24) is 9.55 Å². The standard InChI is InChI=1S/C24H20N4O5/c1-15-7-6-10-21(28(31)32)23(15)26-22(29)14-33-24(30)17-11-12-20-19(13-17)25-16(2)27(20)18-8-4-3-5-9-18/h3-13H,14H2,1-2H3,(H,26,29). The third-order valence-corrected chi connectivity index (χ3v) is 5.12. The fourth-order valence-electron chi connectivity index (χ4n) is 3.59. The van der Waals surface area contributed by atoms with E-state index in [2.05, 4.69) is 10.3 Å². The number of imidazole rings is 1. The Morgan fingerprint density at radius 3 is 2.55 bits per heavy atom. The average Bonchev–Trinajstić information content (AvgIpc) is 3.14. The average molecular weight is 444 g/mol. The molecule has 0 fully saturated rings. The van der Waals surface area contributed by atoms with Gasteiger partial charge in [0.15, 0.2) is 6.61 Å². The second-order valence-corrected chi connectivity index (χ2v) is 7.38. The number of esters is 1. The molecule has 3 aromatic carbocycles. The van der Waals surface area contributed by atoms with Crippen LogP contribution in [-0.2, 0) is 9.53 Å². The summed E-state index contributed by atoms with van der Waals surface area (Å²) < 4.78 is 7.10. The zero-order valence-corrected chi connectivity index (χ0v) is 17.9. The van der Waals surface area contributed by atoms with Crippen LogP contribution >= 0.6 is 0 Å². The number of aryl methyl sites for hydroxylation is 2. The maximum Gasteiger partial charge on any atom is 0.338 e. The van der Waals surface area contributed by atoms with Crippen LogP contribution in [0.1, 0.15) is 21.7 Å². The molecular formula is C24H20N4O5. The molecule has 1 aromatic heterocycles. The van der Waals surface area contributed by atoms with E-state index >= 15 is 0 Å². The van der Waals surface area contributed by atoms with Crippen LogP contribution in [0.25, 0.3) is 16.7 Å². The topological polar surface area (TPSA) is 116 Å². The molecule has 4 aromatic rings. The number of carbonyl (C=O) groups excluding carboxylic acids is 2. The van der Waals surface area contributed by atoms with Gasteiger partial charge in [0, 0.05) is 11.8 Å². The second kappa shape index (κ2) is 8.91. The first-order chi connectivity index (χ1) is 15.8. The number of benzene rings is 3. The molecule has 0 aliphatic rings. The molecule has 9 nitrogen and oxygen atoms in total. The van der Waals surface area contributed by atoms with E-state index in [1.165, 1.54) is 12.1 Å². The van der Waals surface area contributed by atoms with Crippen molar-refractivity contribution < 1.29 is 19.2 Å². The maximum absolute atomic E-state index is 12.5. The van der Waals surface area contributed by atoms with Crippen LogP contribution in [0.2, 0.25) is 0 Å². The number of nitro benzene ring substituents is 1. The number of amides is 1. The molecular weight excluding hydrogens is 424 g/mol. The van der Waals surface area contributed by atoms with Gasteiger partial charge in [-0.1, -0.05) is 30.3 Å². The number of aromatic nitrogens is 2. The van der Waals surface area contributed by atoms with Crippen LogP contribution in [0.15, 0.2) is 66.7 Å². The largest absolute Gasteiger partial charge is 0.452 e. The molecule has 0 unspecified atom stereocenters. The molecule has 1 heterocycles. The van der Waals surface area contributed by atoms with Gasteiger partial charge in [0.1, 0.15) is 11.5 Å². The summed E-state index contributed by atoms with van der Waals surface area (Å²) in [6.45, 7) is 2.93. The van der Waals surface area contributed by atoms with Crippen LogP contribution in [-0.4, -0.2) is 33.0 Å². The second-order valence-electron chi connectivity index (χ2n) is 7.38. The molecule has 1 amide bonds. The molecule has 33 heavy (non-hydrogen) atoms. The third-order valence-electron chi connectivity index (χ3n) is 5.12. The number of hydrogen-bond acceptors (Lipinski definition) is 6. The van der Waals surface area contributed by atoms with Crippen LogP contribution in [0.5, 0.6) is 0 Å². The Morgan fingerprint density at radius 2 is 1.82 bits per heavy atom. The molecule has 0 saturated heterocycles. The predicted octanol–water partition coefficient (Wildman–Crippen LogP) is 4.35. The van der Waals surface area contributed by atoms with Gasteiger partial charge < -0.3 is 10.1 Å². The number of nitro groups is 1.